The Labute approximate surface area is 202 Å². The summed E-state index contributed by atoms with van der Waals surface area (Å²) >= 11 is 7.35. The van der Waals surface area contributed by atoms with Gasteiger partial charge in [0.05, 0.1) is 16.1 Å². The van der Waals surface area contributed by atoms with Crippen LogP contribution in [0.2, 0.25) is 5.02 Å². The summed E-state index contributed by atoms with van der Waals surface area (Å²) in [7, 11) is -3.70. The third-order valence-electron chi connectivity index (χ3n) is 4.76. The summed E-state index contributed by atoms with van der Waals surface area (Å²) < 4.78 is 29.5. The molecule has 0 aliphatic heterocycles. The van der Waals surface area contributed by atoms with Crippen LogP contribution in [-0.4, -0.2) is 23.2 Å². The molecule has 0 amide bonds. The molecule has 10 heteroatoms. The molecule has 0 aliphatic carbocycles. The van der Waals surface area contributed by atoms with Gasteiger partial charge in [0.1, 0.15) is 5.82 Å². The zero-order valence-electron chi connectivity index (χ0n) is 18.4. The van der Waals surface area contributed by atoms with Gasteiger partial charge in [-0.05, 0) is 62.7 Å². The maximum atomic E-state index is 12.6. The average Bonchev–Trinajstić information content (AvgIpc) is 3.38. The minimum Gasteiger partial charge on any atom is -0.340 e. The lowest BCUT2D eigenvalue weighted by atomic mass is 10.1. The van der Waals surface area contributed by atoms with E-state index in [4.69, 9.17) is 16.7 Å². The normalized spacial score (nSPS) is 12.0. The van der Waals surface area contributed by atoms with Crippen molar-refractivity contribution in [2.45, 2.75) is 37.6 Å². The van der Waals surface area contributed by atoms with Crippen LogP contribution < -0.4 is 10.0 Å². The molecule has 2 heterocycles. The van der Waals surface area contributed by atoms with Crippen molar-refractivity contribution in [1.82, 2.24) is 14.8 Å². The van der Waals surface area contributed by atoms with Crippen molar-refractivity contribution in [2.24, 2.45) is 0 Å². The Hall–Kier alpha value is -2.88. The number of hydrogen-bond donors (Lipinski definition) is 2. The molecule has 2 N–H and O–H groups in total. The van der Waals surface area contributed by atoms with Crippen LogP contribution in [-0.2, 0) is 22.0 Å². The van der Waals surface area contributed by atoms with Crippen molar-refractivity contribution in [3.8, 4) is 0 Å². The highest BCUT2D eigenvalue weighted by Gasteiger charge is 2.21. The van der Waals surface area contributed by atoms with Crippen LogP contribution in [0, 0.1) is 0 Å². The summed E-state index contributed by atoms with van der Waals surface area (Å²) in [5.41, 5.74) is 2.48. The molecule has 0 saturated heterocycles. The second-order valence-electron chi connectivity index (χ2n) is 8.50. The van der Waals surface area contributed by atoms with Crippen LogP contribution in [0.25, 0.3) is 0 Å². The minimum atomic E-state index is -3.70. The fraction of sp³-hybridized carbons (Fsp3) is 0.217. The highest BCUT2D eigenvalue weighted by molar-refractivity contribution is 7.93. The van der Waals surface area contributed by atoms with Crippen LogP contribution >= 0.6 is 22.9 Å². The van der Waals surface area contributed by atoms with Crippen molar-refractivity contribution in [3.63, 3.8) is 0 Å². The zero-order chi connectivity index (χ0) is 23.6. The highest BCUT2D eigenvalue weighted by atomic mass is 35.5. The van der Waals surface area contributed by atoms with Crippen molar-refractivity contribution < 1.29 is 8.42 Å². The van der Waals surface area contributed by atoms with Crippen LogP contribution in [0.4, 0.5) is 16.6 Å². The Morgan fingerprint density at radius 2 is 1.85 bits per heavy atom. The van der Waals surface area contributed by atoms with E-state index in [1.807, 2.05) is 35.0 Å². The number of rotatable bonds is 7. The van der Waals surface area contributed by atoms with Gasteiger partial charge in [0.15, 0.2) is 5.13 Å². The average molecular weight is 502 g/mol. The number of aromatic nitrogens is 3. The number of nitrogens with one attached hydrogen (secondary N) is 2. The predicted molar refractivity (Wildman–Crippen MR) is 134 cm³/mol. The van der Waals surface area contributed by atoms with Crippen LogP contribution in [0.5, 0.6) is 0 Å². The van der Waals surface area contributed by atoms with E-state index in [0.717, 1.165) is 22.8 Å². The first-order chi connectivity index (χ1) is 15.6. The predicted octanol–water partition coefficient (Wildman–Crippen LogP) is 5.88. The van der Waals surface area contributed by atoms with Gasteiger partial charge in [0, 0.05) is 34.8 Å². The molecule has 0 spiro atoms. The molecule has 0 unspecified atom stereocenters. The number of sulfonamides is 1. The lowest BCUT2D eigenvalue weighted by molar-refractivity contribution is 0.359. The smallest absolute Gasteiger partial charge is 0.263 e. The van der Waals surface area contributed by atoms with Gasteiger partial charge >= 0.3 is 0 Å². The molecule has 172 valence electrons. The summed E-state index contributed by atoms with van der Waals surface area (Å²) in [5, 5.41) is 10.9. The number of hydrogen-bond acceptors (Lipinski definition) is 6. The second-order valence-corrected chi connectivity index (χ2v) is 11.5. The van der Waals surface area contributed by atoms with E-state index in [1.165, 1.54) is 11.3 Å². The van der Waals surface area contributed by atoms with Crippen LogP contribution in [0.1, 0.15) is 32.0 Å². The van der Waals surface area contributed by atoms with Crippen molar-refractivity contribution in [2.75, 3.05) is 10.0 Å². The molecule has 2 aromatic carbocycles. The first-order valence-corrected chi connectivity index (χ1v) is 13.0. The first kappa shape index (κ1) is 23.3. The van der Waals surface area contributed by atoms with Crippen LogP contribution in [0.15, 0.2) is 71.1 Å². The number of nitrogens with zero attached hydrogens (tertiary/aromatic N) is 3. The molecular formula is C23H24ClN5O2S2. The molecule has 0 atom stereocenters. The molecule has 7 nitrogen and oxygen atoms in total. The first-order valence-electron chi connectivity index (χ1n) is 10.2. The topological polar surface area (TPSA) is 88.9 Å². The maximum Gasteiger partial charge on any atom is 0.263 e. The van der Waals surface area contributed by atoms with Gasteiger partial charge in [-0.1, -0.05) is 23.7 Å². The van der Waals surface area contributed by atoms with Crippen LogP contribution in [0.3, 0.4) is 0 Å². The summed E-state index contributed by atoms with van der Waals surface area (Å²) in [5.74, 6) is 0.816. The molecule has 0 fully saturated rings. The number of benzene rings is 2. The van der Waals surface area contributed by atoms with Gasteiger partial charge in [-0.3, -0.25) is 4.72 Å². The molecule has 4 rings (SSSR count). The van der Waals surface area contributed by atoms with Gasteiger partial charge in [-0.2, -0.15) is 5.10 Å². The Kier molecular flexibility index (Phi) is 6.47. The fourth-order valence-corrected chi connectivity index (χ4v) is 5.29. The van der Waals surface area contributed by atoms with Gasteiger partial charge in [-0.15, -0.1) is 11.3 Å². The number of anilines is 3. The van der Waals surface area contributed by atoms with Gasteiger partial charge in [-0.25, -0.2) is 18.1 Å². The molecular weight excluding hydrogens is 478 g/mol. The third-order valence-corrected chi connectivity index (χ3v) is 7.17. The summed E-state index contributed by atoms with van der Waals surface area (Å²) in [4.78, 5) is 4.13. The Bertz CT molecular complexity index is 1340. The Morgan fingerprint density at radius 1 is 1.09 bits per heavy atom. The standard InChI is InChI=1S/C23H24ClN5O2S2/c1-23(2,3)29-21(15-19(27-29)14-16-5-4-6-17(24)13-16)26-18-7-9-20(10-8-18)33(30,31)28-22-25-11-12-32-22/h4-13,15,26H,14H2,1-3H3,(H,25,28). The van der Waals surface area contributed by atoms with E-state index in [2.05, 4.69) is 35.8 Å². The second kappa shape index (κ2) is 9.17. The largest absolute Gasteiger partial charge is 0.340 e. The highest BCUT2D eigenvalue weighted by Crippen LogP contribution is 2.27. The number of halogens is 1. The maximum absolute atomic E-state index is 12.6. The molecule has 4 aromatic rings. The van der Waals surface area contributed by atoms with Gasteiger partial charge in [0.2, 0.25) is 0 Å². The van der Waals surface area contributed by atoms with E-state index < -0.39 is 10.0 Å². The van der Waals surface area contributed by atoms with Gasteiger partial charge < -0.3 is 5.32 Å². The van der Waals surface area contributed by atoms with E-state index in [9.17, 15) is 8.42 Å². The molecule has 0 bridgehead atoms. The van der Waals surface area contributed by atoms with E-state index >= 15 is 0 Å². The molecule has 0 radical (unpaired) electrons. The Balaban J connectivity index is 1.56. The minimum absolute atomic E-state index is 0.161. The fourth-order valence-electron chi connectivity index (χ4n) is 3.29. The van der Waals surface area contributed by atoms with Crippen molar-refractivity contribution in [3.05, 3.63) is 82.5 Å². The SMILES string of the molecule is CC(C)(C)n1nc(Cc2cccc(Cl)c2)cc1Nc1ccc(S(=O)(=O)Nc2nccs2)cc1. The monoisotopic (exact) mass is 501 g/mol. The van der Waals surface area contributed by atoms with Crippen molar-refractivity contribution >= 4 is 49.6 Å². The van der Waals surface area contributed by atoms with E-state index in [0.29, 0.717) is 16.6 Å². The molecule has 0 aliphatic rings. The molecule has 33 heavy (non-hydrogen) atoms. The Morgan fingerprint density at radius 3 is 2.48 bits per heavy atom. The molecule has 0 saturated carbocycles. The number of thiazole rings is 1. The quantitative estimate of drug-likeness (QED) is 0.330. The van der Waals surface area contributed by atoms with Gasteiger partial charge in [0.25, 0.3) is 10.0 Å². The lowest BCUT2D eigenvalue weighted by Gasteiger charge is -2.22. The van der Waals surface area contributed by atoms with Crippen molar-refractivity contribution in [1.29, 1.82) is 0 Å². The summed E-state index contributed by atoms with van der Waals surface area (Å²) in [6, 6.07) is 16.3. The van der Waals surface area contributed by atoms with E-state index in [-0.39, 0.29) is 10.4 Å². The lowest BCUT2D eigenvalue weighted by Crippen LogP contribution is -2.24. The summed E-state index contributed by atoms with van der Waals surface area (Å²) in [6.45, 7) is 6.23. The summed E-state index contributed by atoms with van der Waals surface area (Å²) in [6.07, 6.45) is 2.20. The third kappa shape index (κ3) is 5.73. The van der Waals surface area contributed by atoms with E-state index in [1.54, 1.807) is 35.8 Å². The zero-order valence-corrected chi connectivity index (χ0v) is 20.8. The molecule has 2 aromatic heterocycles.